The van der Waals surface area contributed by atoms with Crippen molar-refractivity contribution < 1.29 is 4.39 Å². The maximum atomic E-state index is 14.0. The van der Waals surface area contributed by atoms with Crippen molar-refractivity contribution in [3.63, 3.8) is 0 Å². The molecule has 114 valence electrons. The quantitative estimate of drug-likeness (QED) is 0.800. The third-order valence-corrected chi connectivity index (χ3v) is 4.25. The van der Waals surface area contributed by atoms with Gasteiger partial charge in [-0.05, 0) is 62.3 Å². The molecule has 0 aliphatic heterocycles. The highest BCUT2D eigenvalue weighted by Gasteiger charge is 2.31. The molecule has 0 aliphatic rings. The summed E-state index contributed by atoms with van der Waals surface area (Å²) in [6.45, 7) is 13.9. The van der Waals surface area contributed by atoms with E-state index in [0.717, 1.165) is 6.54 Å². The first-order valence-electron chi connectivity index (χ1n) is 7.22. The number of hydrogen-bond acceptors (Lipinski definition) is 1. The zero-order chi connectivity index (χ0) is 15.6. The Morgan fingerprint density at radius 1 is 1.20 bits per heavy atom. The van der Waals surface area contributed by atoms with Crippen molar-refractivity contribution in [3.05, 3.63) is 34.6 Å². The zero-order valence-electron chi connectivity index (χ0n) is 13.5. The number of halogens is 2. The number of hydrogen-bond donors (Lipinski definition) is 1. The molecule has 1 unspecified atom stereocenters. The molecule has 1 nitrogen and oxygen atoms in total. The van der Waals surface area contributed by atoms with Gasteiger partial charge >= 0.3 is 0 Å². The van der Waals surface area contributed by atoms with E-state index < -0.39 is 0 Å². The molecular formula is C17H27ClFN. The summed E-state index contributed by atoms with van der Waals surface area (Å²) in [5.74, 6) is 0.271. The van der Waals surface area contributed by atoms with Crippen molar-refractivity contribution in [3.8, 4) is 0 Å². The third kappa shape index (κ3) is 5.06. The first-order valence-corrected chi connectivity index (χ1v) is 7.60. The molecule has 3 heteroatoms. The SMILES string of the molecule is CC(C)C(C)(CNC(C)(C)C)Cc1cc(Cl)ccc1F. The average molecular weight is 300 g/mol. The molecule has 1 N–H and O–H groups in total. The van der Waals surface area contributed by atoms with Gasteiger partial charge in [-0.2, -0.15) is 0 Å². The largest absolute Gasteiger partial charge is 0.312 e. The van der Waals surface area contributed by atoms with Crippen molar-refractivity contribution in [2.75, 3.05) is 6.54 Å². The summed E-state index contributed by atoms with van der Waals surface area (Å²) < 4.78 is 14.0. The van der Waals surface area contributed by atoms with Crippen LogP contribution in [0.15, 0.2) is 18.2 Å². The Bertz CT molecular complexity index is 451. The first kappa shape index (κ1) is 17.5. The van der Waals surface area contributed by atoms with Crippen LogP contribution >= 0.6 is 11.6 Å². The molecule has 1 rings (SSSR count). The van der Waals surface area contributed by atoms with E-state index >= 15 is 0 Å². The van der Waals surface area contributed by atoms with Crippen LogP contribution in [0.4, 0.5) is 4.39 Å². The van der Waals surface area contributed by atoms with Gasteiger partial charge in [0.2, 0.25) is 0 Å². The van der Waals surface area contributed by atoms with Gasteiger partial charge in [-0.25, -0.2) is 4.39 Å². The molecule has 0 aliphatic carbocycles. The lowest BCUT2D eigenvalue weighted by molar-refractivity contribution is 0.186. The van der Waals surface area contributed by atoms with Crippen LogP contribution in [0.2, 0.25) is 5.02 Å². The molecule has 1 atom stereocenters. The topological polar surface area (TPSA) is 12.0 Å². The zero-order valence-corrected chi connectivity index (χ0v) is 14.2. The highest BCUT2D eigenvalue weighted by Crippen LogP contribution is 2.33. The Morgan fingerprint density at radius 3 is 2.30 bits per heavy atom. The minimum atomic E-state index is -0.169. The lowest BCUT2D eigenvalue weighted by Gasteiger charge is -2.37. The van der Waals surface area contributed by atoms with Crippen LogP contribution in [0.25, 0.3) is 0 Å². The summed E-state index contributed by atoms with van der Waals surface area (Å²) in [6.07, 6.45) is 0.681. The predicted octanol–water partition coefficient (Wildman–Crippen LogP) is 5.07. The summed E-state index contributed by atoms with van der Waals surface area (Å²) in [5.41, 5.74) is 0.742. The van der Waals surface area contributed by atoms with Gasteiger partial charge in [-0.15, -0.1) is 0 Å². The van der Waals surface area contributed by atoms with Crippen molar-refractivity contribution >= 4 is 11.6 Å². The van der Waals surface area contributed by atoms with E-state index in [9.17, 15) is 4.39 Å². The summed E-state index contributed by atoms with van der Waals surface area (Å²) in [5, 5.41) is 4.14. The van der Waals surface area contributed by atoms with Gasteiger partial charge in [0.05, 0.1) is 0 Å². The predicted molar refractivity (Wildman–Crippen MR) is 85.8 cm³/mol. The number of benzene rings is 1. The Labute approximate surface area is 127 Å². The monoisotopic (exact) mass is 299 g/mol. The molecule has 0 saturated carbocycles. The maximum absolute atomic E-state index is 14.0. The Morgan fingerprint density at radius 2 is 1.80 bits per heavy atom. The fourth-order valence-electron chi connectivity index (χ4n) is 2.05. The van der Waals surface area contributed by atoms with E-state index in [1.54, 1.807) is 12.1 Å². The maximum Gasteiger partial charge on any atom is 0.126 e. The molecule has 0 aromatic heterocycles. The van der Waals surface area contributed by atoms with Crippen LogP contribution < -0.4 is 5.32 Å². The van der Waals surface area contributed by atoms with Crippen molar-refractivity contribution in [2.45, 2.75) is 53.5 Å². The standard InChI is InChI=1S/C17H27ClFN/c1-12(2)17(6,11-20-16(3,4)5)10-13-9-14(18)7-8-15(13)19/h7-9,12,20H,10-11H2,1-6H3. The van der Waals surface area contributed by atoms with E-state index in [4.69, 9.17) is 11.6 Å². The lowest BCUT2D eigenvalue weighted by Crippen LogP contribution is -2.45. The molecule has 1 aromatic carbocycles. The number of rotatable bonds is 5. The minimum absolute atomic E-state index is 0.0151. The molecule has 0 spiro atoms. The van der Waals surface area contributed by atoms with Crippen LogP contribution in [0.5, 0.6) is 0 Å². The Balaban J connectivity index is 2.93. The average Bonchev–Trinajstić information content (AvgIpc) is 2.30. The highest BCUT2D eigenvalue weighted by molar-refractivity contribution is 6.30. The van der Waals surface area contributed by atoms with Gasteiger partial charge in [-0.1, -0.05) is 32.4 Å². The van der Waals surface area contributed by atoms with Crippen LogP contribution in [0, 0.1) is 17.2 Å². The second-order valence-corrected chi connectivity index (χ2v) is 7.76. The van der Waals surface area contributed by atoms with E-state index in [2.05, 4.69) is 46.9 Å². The molecular weight excluding hydrogens is 273 g/mol. The van der Waals surface area contributed by atoms with Gasteiger partial charge in [0.1, 0.15) is 5.82 Å². The van der Waals surface area contributed by atoms with Crippen LogP contribution in [-0.4, -0.2) is 12.1 Å². The fourth-order valence-corrected chi connectivity index (χ4v) is 2.25. The molecule has 0 heterocycles. The highest BCUT2D eigenvalue weighted by atomic mass is 35.5. The molecule has 20 heavy (non-hydrogen) atoms. The van der Waals surface area contributed by atoms with Gasteiger partial charge in [0, 0.05) is 17.1 Å². The van der Waals surface area contributed by atoms with Crippen LogP contribution in [-0.2, 0) is 6.42 Å². The fraction of sp³-hybridized carbons (Fsp3) is 0.647. The molecule has 0 bridgehead atoms. The minimum Gasteiger partial charge on any atom is -0.312 e. The molecule has 0 amide bonds. The van der Waals surface area contributed by atoms with E-state index in [1.807, 2.05) is 0 Å². The normalized spacial score (nSPS) is 15.4. The van der Waals surface area contributed by atoms with Gasteiger partial charge in [0.15, 0.2) is 0 Å². The second kappa shape index (κ2) is 6.44. The van der Waals surface area contributed by atoms with Crippen molar-refractivity contribution in [1.29, 1.82) is 0 Å². The number of nitrogens with one attached hydrogen (secondary N) is 1. The first-order chi connectivity index (χ1) is 9.03. The summed E-state index contributed by atoms with van der Waals surface area (Å²) >= 11 is 5.99. The van der Waals surface area contributed by atoms with Crippen molar-refractivity contribution in [1.82, 2.24) is 5.32 Å². The summed E-state index contributed by atoms with van der Waals surface area (Å²) in [6, 6.07) is 4.80. The van der Waals surface area contributed by atoms with Crippen LogP contribution in [0.3, 0.4) is 0 Å². The van der Waals surface area contributed by atoms with E-state index in [1.165, 1.54) is 6.07 Å². The Kier molecular flexibility index (Phi) is 5.62. The second-order valence-electron chi connectivity index (χ2n) is 7.32. The van der Waals surface area contributed by atoms with Gasteiger partial charge in [0.25, 0.3) is 0 Å². The molecule has 1 aromatic rings. The van der Waals surface area contributed by atoms with E-state index in [0.29, 0.717) is 22.9 Å². The van der Waals surface area contributed by atoms with E-state index in [-0.39, 0.29) is 16.8 Å². The summed E-state index contributed by atoms with van der Waals surface area (Å²) in [4.78, 5) is 0. The van der Waals surface area contributed by atoms with Gasteiger partial charge in [-0.3, -0.25) is 0 Å². The smallest absolute Gasteiger partial charge is 0.126 e. The third-order valence-electron chi connectivity index (χ3n) is 4.02. The molecule has 0 saturated heterocycles. The molecule has 0 fully saturated rings. The van der Waals surface area contributed by atoms with Crippen molar-refractivity contribution in [2.24, 2.45) is 11.3 Å². The van der Waals surface area contributed by atoms with Crippen LogP contribution in [0.1, 0.15) is 47.1 Å². The lowest BCUT2D eigenvalue weighted by atomic mass is 9.74. The van der Waals surface area contributed by atoms with Gasteiger partial charge < -0.3 is 5.32 Å². The Hall–Kier alpha value is -0.600. The molecule has 0 radical (unpaired) electrons. The summed E-state index contributed by atoms with van der Waals surface area (Å²) in [7, 11) is 0.